The molecule has 1 aromatic carbocycles. The van der Waals surface area contributed by atoms with Crippen LogP contribution in [0.1, 0.15) is 97.3 Å². The quantitative estimate of drug-likeness (QED) is 0.295. The lowest BCUT2D eigenvalue weighted by Gasteiger charge is -2.30. The maximum Gasteiger partial charge on any atom is 0.325 e. The van der Waals surface area contributed by atoms with Crippen LogP contribution in [0.5, 0.6) is 0 Å². The first-order chi connectivity index (χ1) is 20.0. The molecule has 0 bridgehead atoms. The van der Waals surface area contributed by atoms with Crippen molar-refractivity contribution >= 4 is 29.3 Å². The summed E-state index contributed by atoms with van der Waals surface area (Å²) in [6.45, 7) is 4.27. The summed E-state index contributed by atoms with van der Waals surface area (Å²) in [5.41, 5.74) is 15.3. The van der Waals surface area contributed by atoms with Gasteiger partial charge in [-0.2, -0.15) is 5.10 Å². The van der Waals surface area contributed by atoms with E-state index in [2.05, 4.69) is 24.5 Å². The van der Waals surface area contributed by atoms with Gasteiger partial charge in [0, 0.05) is 31.1 Å². The number of rotatable bonds is 11. The Morgan fingerprint density at radius 3 is 2.50 bits per heavy atom. The van der Waals surface area contributed by atoms with E-state index >= 15 is 0 Å². The molecule has 0 aliphatic heterocycles. The molecule has 2 aromatic rings. The fourth-order valence-corrected chi connectivity index (χ4v) is 6.14. The Kier molecular flexibility index (Phi) is 8.68. The standard InChI is InChI=1S/C31H42N6O5/c1-31(2)15-25-29(26(38)16-31)24(13-18-3-4-18)36-37(25)20-7-10-22(30(33)41)23(14-20)35-19-5-8-21(9-6-19)42-28(40)17-34-27(39)11-12-32/h7,10,14,18-19,21,35H,3-6,8-9,11-13,15-17,32H2,1-2H3,(H2,33,41)(H,34,39). The predicted octanol–water partition coefficient (Wildman–Crippen LogP) is 2.81. The smallest absolute Gasteiger partial charge is 0.325 e. The second-order valence-corrected chi connectivity index (χ2v) is 12.8. The highest BCUT2D eigenvalue weighted by molar-refractivity contribution is 6.00. The zero-order chi connectivity index (χ0) is 30.0. The van der Waals surface area contributed by atoms with E-state index in [0.717, 1.165) is 48.3 Å². The first-order valence-corrected chi connectivity index (χ1v) is 15.0. The van der Waals surface area contributed by atoms with Gasteiger partial charge in [0.1, 0.15) is 12.6 Å². The molecule has 1 heterocycles. The maximum atomic E-state index is 13.2. The minimum Gasteiger partial charge on any atom is -0.461 e. The van der Waals surface area contributed by atoms with Crippen LogP contribution in [-0.2, 0) is 27.2 Å². The molecule has 11 nitrogen and oxygen atoms in total. The molecule has 1 aromatic heterocycles. The highest BCUT2D eigenvalue weighted by atomic mass is 16.5. The number of anilines is 1. The van der Waals surface area contributed by atoms with Gasteiger partial charge >= 0.3 is 5.97 Å². The molecule has 0 atom stereocenters. The van der Waals surface area contributed by atoms with Crippen molar-refractivity contribution in [1.82, 2.24) is 15.1 Å². The fourth-order valence-electron chi connectivity index (χ4n) is 6.14. The van der Waals surface area contributed by atoms with Gasteiger partial charge in [0.25, 0.3) is 5.91 Å². The lowest BCUT2D eigenvalue weighted by Crippen LogP contribution is -2.36. The van der Waals surface area contributed by atoms with Crippen molar-refractivity contribution in [3.05, 3.63) is 40.7 Å². The summed E-state index contributed by atoms with van der Waals surface area (Å²) in [4.78, 5) is 49.3. The molecule has 5 rings (SSSR count). The third-order valence-corrected chi connectivity index (χ3v) is 8.44. The van der Waals surface area contributed by atoms with Crippen LogP contribution < -0.4 is 22.1 Å². The maximum absolute atomic E-state index is 13.2. The number of esters is 1. The summed E-state index contributed by atoms with van der Waals surface area (Å²) in [5.74, 6) is -0.521. The molecular formula is C31H42N6O5. The van der Waals surface area contributed by atoms with Crippen LogP contribution in [-0.4, -0.2) is 58.6 Å². The number of amides is 2. The van der Waals surface area contributed by atoms with Crippen molar-refractivity contribution in [2.24, 2.45) is 22.8 Å². The number of hydrogen-bond acceptors (Lipinski definition) is 8. The van der Waals surface area contributed by atoms with Gasteiger partial charge in [0.2, 0.25) is 5.91 Å². The Morgan fingerprint density at radius 1 is 1.10 bits per heavy atom. The van der Waals surface area contributed by atoms with Gasteiger partial charge in [-0.3, -0.25) is 19.2 Å². The number of nitrogens with zero attached hydrogens (tertiary/aromatic N) is 2. The normalized spacial score (nSPS) is 21.4. The van der Waals surface area contributed by atoms with Gasteiger partial charge in [-0.15, -0.1) is 0 Å². The van der Waals surface area contributed by atoms with Crippen molar-refractivity contribution < 1.29 is 23.9 Å². The molecule has 6 N–H and O–H groups in total. The van der Waals surface area contributed by atoms with Crippen LogP contribution >= 0.6 is 0 Å². The lowest BCUT2D eigenvalue weighted by atomic mass is 9.75. The van der Waals surface area contributed by atoms with Crippen molar-refractivity contribution in [2.45, 2.75) is 90.2 Å². The Balaban J connectivity index is 1.30. The van der Waals surface area contributed by atoms with Crippen LogP contribution in [0, 0.1) is 11.3 Å². The van der Waals surface area contributed by atoms with E-state index in [1.165, 1.54) is 12.8 Å². The number of aromatic nitrogens is 2. The summed E-state index contributed by atoms with van der Waals surface area (Å²) >= 11 is 0. The summed E-state index contributed by atoms with van der Waals surface area (Å²) in [6, 6.07) is 5.51. The van der Waals surface area contributed by atoms with Crippen LogP contribution in [0.4, 0.5) is 5.69 Å². The van der Waals surface area contributed by atoms with Gasteiger partial charge in [0.05, 0.1) is 28.2 Å². The largest absolute Gasteiger partial charge is 0.461 e. The molecule has 2 saturated carbocycles. The Bertz CT molecular complexity index is 1370. The van der Waals surface area contributed by atoms with E-state index in [0.29, 0.717) is 36.4 Å². The second kappa shape index (κ2) is 12.2. The molecule has 3 aliphatic rings. The van der Waals surface area contributed by atoms with E-state index in [4.69, 9.17) is 21.3 Å². The molecule has 2 amide bonds. The van der Waals surface area contributed by atoms with Crippen LogP contribution in [0.15, 0.2) is 18.2 Å². The van der Waals surface area contributed by atoms with E-state index in [1.807, 2.05) is 16.8 Å². The first-order valence-electron chi connectivity index (χ1n) is 15.0. The molecule has 42 heavy (non-hydrogen) atoms. The van der Waals surface area contributed by atoms with Gasteiger partial charge in [-0.1, -0.05) is 13.8 Å². The number of nitrogens with one attached hydrogen (secondary N) is 2. The third-order valence-electron chi connectivity index (χ3n) is 8.44. The number of ketones is 1. The summed E-state index contributed by atoms with van der Waals surface area (Å²) in [6.07, 6.45) is 7.12. The number of carbonyl (C=O) groups excluding carboxylic acids is 4. The third kappa shape index (κ3) is 7.00. The average Bonchev–Trinajstić information content (AvgIpc) is 3.67. The number of hydrogen-bond donors (Lipinski definition) is 4. The minimum absolute atomic E-state index is 0.0510. The number of carbonyl (C=O) groups is 4. The highest BCUT2D eigenvalue weighted by Crippen LogP contribution is 2.40. The van der Waals surface area contributed by atoms with Gasteiger partial charge in [0.15, 0.2) is 5.78 Å². The van der Waals surface area contributed by atoms with Crippen LogP contribution in [0.3, 0.4) is 0 Å². The van der Waals surface area contributed by atoms with Crippen LogP contribution in [0.2, 0.25) is 0 Å². The van der Waals surface area contributed by atoms with Crippen molar-refractivity contribution in [2.75, 3.05) is 18.4 Å². The van der Waals surface area contributed by atoms with E-state index in [-0.39, 0.29) is 48.8 Å². The lowest BCUT2D eigenvalue weighted by molar-refractivity contribution is -0.150. The molecule has 0 radical (unpaired) electrons. The Morgan fingerprint density at radius 2 is 1.83 bits per heavy atom. The monoisotopic (exact) mass is 578 g/mol. The molecule has 2 fully saturated rings. The molecule has 11 heteroatoms. The second-order valence-electron chi connectivity index (χ2n) is 12.8. The van der Waals surface area contributed by atoms with E-state index in [1.54, 1.807) is 6.07 Å². The zero-order valence-corrected chi connectivity index (χ0v) is 24.5. The van der Waals surface area contributed by atoms with Crippen molar-refractivity contribution in [3.63, 3.8) is 0 Å². The number of primary amides is 1. The number of Topliss-reactive ketones (excluding diaryl/α,β-unsaturated/α-hetero) is 1. The predicted molar refractivity (Wildman–Crippen MR) is 157 cm³/mol. The molecule has 0 unspecified atom stereocenters. The van der Waals surface area contributed by atoms with Gasteiger partial charge in [-0.25, -0.2) is 4.68 Å². The molecule has 226 valence electrons. The SMILES string of the molecule is CC1(C)CC(=O)c2c(CC3CC3)nn(-c3ccc(C(N)=O)c(NC4CCC(OC(=O)CNC(=O)CCN)CC4)c3)c2C1. The highest BCUT2D eigenvalue weighted by Gasteiger charge is 2.38. The number of nitrogens with two attached hydrogens (primary N) is 2. The first kappa shape index (κ1) is 29.8. The average molecular weight is 579 g/mol. The van der Waals surface area contributed by atoms with Crippen molar-refractivity contribution in [3.8, 4) is 5.69 Å². The fraction of sp³-hybridized carbons (Fsp3) is 0.581. The summed E-state index contributed by atoms with van der Waals surface area (Å²) in [5, 5.41) is 11.0. The van der Waals surface area contributed by atoms with Crippen LogP contribution in [0.25, 0.3) is 5.69 Å². The van der Waals surface area contributed by atoms with E-state index < -0.39 is 11.9 Å². The molecular weight excluding hydrogens is 536 g/mol. The Hall–Kier alpha value is -3.73. The number of ether oxygens (including phenoxy) is 1. The molecule has 0 spiro atoms. The molecule has 0 saturated heterocycles. The topological polar surface area (TPSA) is 171 Å². The summed E-state index contributed by atoms with van der Waals surface area (Å²) in [7, 11) is 0. The van der Waals surface area contributed by atoms with Gasteiger partial charge in [-0.05, 0) is 80.9 Å². The van der Waals surface area contributed by atoms with Crippen molar-refractivity contribution in [1.29, 1.82) is 0 Å². The number of benzene rings is 1. The summed E-state index contributed by atoms with van der Waals surface area (Å²) < 4.78 is 7.44. The Labute approximate surface area is 246 Å². The minimum atomic E-state index is -0.531. The van der Waals surface area contributed by atoms with E-state index in [9.17, 15) is 19.2 Å². The van der Waals surface area contributed by atoms with Gasteiger partial charge < -0.3 is 26.8 Å². The number of fused-ring (bicyclic) bond motifs is 1. The zero-order valence-electron chi connectivity index (χ0n) is 24.5. The molecule has 3 aliphatic carbocycles.